The van der Waals surface area contributed by atoms with Gasteiger partial charge >= 0.3 is 18.4 Å². The summed E-state index contributed by atoms with van der Waals surface area (Å²) in [7, 11) is 0. The van der Waals surface area contributed by atoms with Crippen LogP contribution >= 0.6 is 35.0 Å². The van der Waals surface area contributed by atoms with Gasteiger partial charge in [0.05, 0.1) is 33.4 Å². The number of carbonyl (C=O) groups excluding carboxylic acids is 1. The molecule has 196 valence electrons. The van der Waals surface area contributed by atoms with Crippen molar-refractivity contribution in [1.29, 1.82) is 0 Å². The van der Waals surface area contributed by atoms with Crippen LogP contribution in [0, 0.1) is 5.41 Å². The Labute approximate surface area is 218 Å². The van der Waals surface area contributed by atoms with Crippen LogP contribution in [0.25, 0.3) is 0 Å². The molecular weight excluding hydrogens is 551 g/mol. The summed E-state index contributed by atoms with van der Waals surface area (Å²) in [5.74, 6) is 0.826. The fourth-order valence-electron chi connectivity index (χ4n) is 3.91. The molecule has 1 aliphatic heterocycles. The van der Waals surface area contributed by atoms with Crippen molar-refractivity contribution in [3.05, 3.63) is 63.1 Å². The predicted molar refractivity (Wildman–Crippen MR) is 131 cm³/mol. The number of nitrogens with one attached hydrogen (secondary N) is 1. The van der Waals surface area contributed by atoms with Gasteiger partial charge in [-0.15, -0.1) is 0 Å². The molecule has 3 rings (SSSR count). The van der Waals surface area contributed by atoms with E-state index in [0.717, 1.165) is 41.4 Å². The Morgan fingerprint density at radius 2 is 1.64 bits per heavy atom. The summed E-state index contributed by atoms with van der Waals surface area (Å²) in [6.45, 7) is 1.95. The van der Waals surface area contributed by atoms with Gasteiger partial charge in [0.2, 0.25) is 0 Å². The van der Waals surface area contributed by atoms with Gasteiger partial charge in [0.15, 0.2) is 0 Å². The van der Waals surface area contributed by atoms with E-state index in [2.05, 4.69) is 10.4 Å². The molecule has 4 nitrogen and oxygen atoms in total. The molecule has 2 aromatic rings. The van der Waals surface area contributed by atoms with E-state index in [4.69, 9.17) is 23.2 Å². The first-order valence-corrected chi connectivity index (χ1v) is 12.7. The topological polar surface area (TPSA) is 44.7 Å². The van der Waals surface area contributed by atoms with Crippen LogP contribution in [-0.4, -0.2) is 35.3 Å². The number of urea groups is 1. The van der Waals surface area contributed by atoms with E-state index in [0.29, 0.717) is 17.7 Å². The number of amides is 2. The molecule has 0 bridgehead atoms. The van der Waals surface area contributed by atoms with Gasteiger partial charge in [-0.25, -0.2) is 9.80 Å². The number of carbonyl (C=O) groups is 1. The second-order valence-electron chi connectivity index (χ2n) is 8.48. The zero-order chi connectivity index (χ0) is 26.9. The lowest BCUT2D eigenvalue weighted by molar-refractivity contribution is -0.138. The van der Waals surface area contributed by atoms with Crippen molar-refractivity contribution in [1.82, 2.24) is 5.01 Å². The molecule has 0 saturated carbocycles. The highest BCUT2D eigenvalue weighted by Crippen LogP contribution is 2.40. The van der Waals surface area contributed by atoms with Crippen LogP contribution in [0.4, 0.5) is 36.8 Å². The number of rotatable bonds is 6. The average Bonchev–Trinajstić information content (AvgIpc) is 3.10. The summed E-state index contributed by atoms with van der Waals surface area (Å²) in [6, 6.07) is 5.39. The minimum Gasteiger partial charge on any atom is -0.306 e. The minimum absolute atomic E-state index is 0.0308. The molecule has 0 radical (unpaired) electrons. The highest BCUT2D eigenvalue weighted by atomic mass is 35.5. The standard InChI is InChI=1S/C23H21Cl2F6N3OS/c1-21(8-3-9-36-2)12-34(20(35)32-14-5-7-16(18(25)11-14)23(29,30)31)33-19(21)13-4-6-15(17(24)10-13)22(26,27)28/h4-7,10-11H,3,8-9,12H2,1-2H3,(H,32,35). The van der Waals surface area contributed by atoms with Crippen LogP contribution < -0.4 is 5.32 Å². The van der Waals surface area contributed by atoms with Crippen LogP contribution in [0.2, 0.25) is 10.0 Å². The number of alkyl halides is 6. The molecule has 2 amide bonds. The van der Waals surface area contributed by atoms with E-state index in [1.807, 2.05) is 13.2 Å². The predicted octanol–water partition coefficient (Wildman–Crippen LogP) is 8.43. The second-order valence-corrected chi connectivity index (χ2v) is 10.3. The van der Waals surface area contributed by atoms with Crippen LogP contribution in [0.1, 0.15) is 36.5 Å². The van der Waals surface area contributed by atoms with Crippen LogP contribution in [0.15, 0.2) is 41.5 Å². The maximum atomic E-state index is 13.2. The lowest BCUT2D eigenvalue weighted by Gasteiger charge is -2.26. The zero-order valence-electron chi connectivity index (χ0n) is 19.0. The number of nitrogens with zero attached hydrogens (tertiary/aromatic N) is 2. The fraction of sp³-hybridized carbons (Fsp3) is 0.391. The van der Waals surface area contributed by atoms with Gasteiger partial charge in [-0.3, -0.25) is 0 Å². The quantitative estimate of drug-likeness (QED) is 0.279. The summed E-state index contributed by atoms with van der Waals surface area (Å²) in [6.07, 6.45) is -5.98. The van der Waals surface area contributed by atoms with Crippen molar-refractivity contribution in [3.63, 3.8) is 0 Å². The number of hydrogen-bond acceptors (Lipinski definition) is 3. The molecular formula is C23H21Cl2F6N3OS. The molecule has 1 unspecified atom stereocenters. The Balaban J connectivity index is 1.90. The SMILES string of the molecule is CSCCCC1(C)CN(C(=O)Nc2ccc(C(F)(F)F)c(Cl)c2)N=C1c1ccc(C(F)(F)F)c(Cl)c1. The maximum absolute atomic E-state index is 13.2. The van der Waals surface area contributed by atoms with Crippen LogP contribution in [0.3, 0.4) is 0 Å². The molecule has 1 N–H and O–H groups in total. The Hall–Kier alpha value is -2.11. The number of thioether (sulfide) groups is 1. The molecule has 0 spiro atoms. The van der Waals surface area contributed by atoms with Crippen molar-refractivity contribution in [2.45, 2.75) is 32.1 Å². The van der Waals surface area contributed by atoms with E-state index in [1.165, 1.54) is 12.1 Å². The first-order chi connectivity index (χ1) is 16.7. The van der Waals surface area contributed by atoms with Gasteiger partial charge in [0.25, 0.3) is 0 Å². The normalized spacial score (nSPS) is 18.4. The smallest absolute Gasteiger partial charge is 0.306 e. The van der Waals surface area contributed by atoms with Crippen molar-refractivity contribution < 1.29 is 31.1 Å². The van der Waals surface area contributed by atoms with Gasteiger partial charge in [-0.2, -0.15) is 43.2 Å². The molecule has 36 heavy (non-hydrogen) atoms. The number of hydrogen-bond donors (Lipinski definition) is 1. The van der Waals surface area contributed by atoms with Gasteiger partial charge in [-0.1, -0.05) is 36.2 Å². The number of halogens is 8. The number of anilines is 1. The van der Waals surface area contributed by atoms with Gasteiger partial charge in [0.1, 0.15) is 0 Å². The minimum atomic E-state index is -4.64. The monoisotopic (exact) mass is 571 g/mol. The highest BCUT2D eigenvalue weighted by molar-refractivity contribution is 7.98. The third kappa shape index (κ3) is 6.41. The molecule has 13 heteroatoms. The van der Waals surface area contributed by atoms with Gasteiger partial charge in [-0.05, 0) is 60.7 Å². The first-order valence-electron chi connectivity index (χ1n) is 10.6. The molecule has 0 saturated heterocycles. The molecule has 1 atom stereocenters. The van der Waals surface area contributed by atoms with E-state index >= 15 is 0 Å². The molecule has 0 fully saturated rings. The van der Waals surface area contributed by atoms with Crippen LogP contribution in [0.5, 0.6) is 0 Å². The van der Waals surface area contributed by atoms with E-state index < -0.39 is 45.0 Å². The van der Waals surface area contributed by atoms with Crippen molar-refractivity contribution in [2.24, 2.45) is 10.5 Å². The Bertz CT molecular complexity index is 1170. The Kier molecular flexibility index (Phi) is 8.47. The summed E-state index contributed by atoms with van der Waals surface area (Å²) in [5, 5.41) is 6.88. The maximum Gasteiger partial charge on any atom is 0.417 e. The lowest BCUT2D eigenvalue weighted by Crippen LogP contribution is -2.36. The van der Waals surface area contributed by atoms with E-state index in [1.54, 1.807) is 11.8 Å². The number of benzene rings is 2. The summed E-state index contributed by atoms with van der Waals surface area (Å²) in [4.78, 5) is 12.9. The lowest BCUT2D eigenvalue weighted by atomic mass is 9.78. The Morgan fingerprint density at radius 3 is 2.17 bits per heavy atom. The van der Waals surface area contributed by atoms with Crippen molar-refractivity contribution >= 4 is 52.4 Å². The molecule has 2 aromatic carbocycles. The first kappa shape index (κ1) is 28.5. The van der Waals surface area contributed by atoms with Crippen molar-refractivity contribution in [2.75, 3.05) is 23.9 Å². The van der Waals surface area contributed by atoms with Crippen LogP contribution in [-0.2, 0) is 12.4 Å². The van der Waals surface area contributed by atoms with Gasteiger partial charge in [0, 0.05) is 11.1 Å². The molecule has 0 aromatic heterocycles. The second kappa shape index (κ2) is 10.7. The molecule has 1 heterocycles. The summed E-state index contributed by atoms with van der Waals surface area (Å²) >= 11 is 13.3. The summed E-state index contributed by atoms with van der Waals surface area (Å²) in [5.41, 5.74) is -1.96. The molecule has 1 aliphatic rings. The van der Waals surface area contributed by atoms with E-state index in [-0.39, 0.29) is 12.2 Å². The number of hydrazone groups is 1. The summed E-state index contributed by atoms with van der Waals surface area (Å²) < 4.78 is 78.3. The zero-order valence-corrected chi connectivity index (χ0v) is 21.4. The third-order valence-corrected chi connectivity index (χ3v) is 7.00. The third-order valence-electron chi connectivity index (χ3n) is 5.68. The van der Waals surface area contributed by atoms with Gasteiger partial charge < -0.3 is 5.32 Å². The fourth-order valence-corrected chi connectivity index (χ4v) is 4.92. The molecule has 0 aliphatic carbocycles. The largest absolute Gasteiger partial charge is 0.417 e. The highest BCUT2D eigenvalue weighted by Gasteiger charge is 2.42. The van der Waals surface area contributed by atoms with Crippen molar-refractivity contribution in [3.8, 4) is 0 Å². The average molecular weight is 572 g/mol. The van der Waals surface area contributed by atoms with E-state index in [9.17, 15) is 31.1 Å². The Morgan fingerprint density at radius 1 is 1.06 bits per heavy atom.